The smallest absolute Gasteiger partial charge is 0.445 e. The summed E-state index contributed by atoms with van der Waals surface area (Å²) in [5.41, 5.74) is 1.95. The van der Waals surface area contributed by atoms with Crippen molar-refractivity contribution in [3.63, 3.8) is 0 Å². The van der Waals surface area contributed by atoms with Gasteiger partial charge < -0.3 is 19.4 Å². The number of hydrogen-bond acceptors (Lipinski definition) is 5. The zero-order chi connectivity index (χ0) is 21.6. The minimum atomic E-state index is -0.419. The number of ether oxygens (including phenoxy) is 1. The Labute approximate surface area is 178 Å². The average molecular weight is 408 g/mol. The lowest BCUT2D eigenvalue weighted by Gasteiger charge is -2.32. The molecule has 0 radical (unpaired) electrons. The predicted octanol–water partition coefficient (Wildman–Crippen LogP) is 3.71. The van der Waals surface area contributed by atoms with E-state index in [0.717, 1.165) is 16.7 Å². The second-order valence-corrected chi connectivity index (χ2v) is 8.28. The second-order valence-electron chi connectivity index (χ2n) is 8.28. The number of rotatable bonds is 7. The van der Waals surface area contributed by atoms with Crippen molar-refractivity contribution >= 4 is 24.8 Å². The standard InChI is InChI=1S/C23H29BN2O4/c1-22(2)23(3,4)30-24(29-22)19-13-14-20(26-16-19)12-8-9-15-25-21(27)28-17-18-10-6-5-7-11-18/h5-8,10-14,16H,9,15,17H2,1-4H3,(H,25,27). The minimum absolute atomic E-state index is 0.265. The molecule has 2 aromatic rings. The van der Waals surface area contributed by atoms with Crippen LogP contribution >= 0.6 is 0 Å². The average Bonchev–Trinajstić information content (AvgIpc) is 2.94. The summed E-state index contributed by atoms with van der Waals surface area (Å²) >= 11 is 0. The molecule has 1 amide bonds. The fourth-order valence-electron chi connectivity index (χ4n) is 2.87. The van der Waals surface area contributed by atoms with E-state index in [1.165, 1.54) is 0 Å². The highest BCUT2D eigenvalue weighted by molar-refractivity contribution is 6.62. The zero-order valence-corrected chi connectivity index (χ0v) is 18.1. The van der Waals surface area contributed by atoms with Crippen LogP contribution in [-0.4, -0.2) is 35.9 Å². The highest BCUT2D eigenvalue weighted by Crippen LogP contribution is 2.36. The van der Waals surface area contributed by atoms with Gasteiger partial charge in [0.05, 0.1) is 16.9 Å². The number of pyridine rings is 1. The number of carbonyl (C=O) groups excluding carboxylic acids is 1. The van der Waals surface area contributed by atoms with Crippen LogP contribution in [0.5, 0.6) is 0 Å². The Morgan fingerprint density at radius 1 is 1.10 bits per heavy atom. The zero-order valence-electron chi connectivity index (χ0n) is 18.1. The van der Waals surface area contributed by atoms with Crippen molar-refractivity contribution in [1.29, 1.82) is 0 Å². The van der Waals surface area contributed by atoms with Crippen LogP contribution in [0.4, 0.5) is 4.79 Å². The van der Waals surface area contributed by atoms with Crippen LogP contribution in [0, 0.1) is 0 Å². The third-order valence-corrected chi connectivity index (χ3v) is 5.42. The highest BCUT2D eigenvalue weighted by Gasteiger charge is 2.51. The van der Waals surface area contributed by atoms with E-state index in [9.17, 15) is 4.79 Å². The quantitative estimate of drug-likeness (QED) is 0.559. The number of hydrogen-bond donors (Lipinski definition) is 1. The molecule has 6 nitrogen and oxygen atoms in total. The van der Waals surface area contributed by atoms with Crippen molar-refractivity contribution in [3.05, 3.63) is 66.0 Å². The topological polar surface area (TPSA) is 69.7 Å². The van der Waals surface area contributed by atoms with Crippen LogP contribution in [0.1, 0.15) is 45.4 Å². The molecular weight excluding hydrogens is 379 g/mol. The molecule has 1 aliphatic heterocycles. The number of carbonyl (C=O) groups is 1. The van der Waals surface area contributed by atoms with E-state index in [2.05, 4.69) is 10.3 Å². The molecule has 1 aromatic carbocycles. The summed E-state index contributed by atoms with van der Waals surface area (Å²) in [6, 6.07) is 13.5. The summed E-state index contributed by atoms with van der Waals surface area (Å²) < 4.78 is 17.3. The van der Waals surface area contributed by atoms with Gasteiger partial charge >= 0.3 is 13.2 Å². The van der Waals surface area contributed by atoms with Gasteiger partial charge in [0.1, 0.15) is 6.61 Å². The molecular formula is C23H29BN2O4. The highest BCUT2D eigenvalue weighted by atomic mass is 16.7. The minimum Gasteiger partial charge on any atom is -0.445 e. The van der Waals surface area contributed by atoms with Gasteiger partial charge in [-0.15, -0.1) is 0 Å². The van der Waals surface area contributed by atoms with Crippen molar-refractivity contribution in [2.24, 2.45) is 0 Å². The first kappa shape index (κ1) is 22.1. The van der Waals surface area contributed by atoms with E-state index < -0.39 is 13.2 Å². The van der Waals surface area contributed by atoms with E-state index in [4.69, 9.17) is 14.0 Å². The fraction of sp³-hybridized carbons (Fsp3) is 0.391. The normalized spacial score (nSPS) is 17.3. The molecule has 0 saturated carbocycles. The molecule has 30 heavy (non-hydrogen) atoms. The first-order valence-corrected chi connectivity index (χ1v) is 10.2. The first-order valence-electron chi connectivity index (χ1n) is 10.2. The Balaban J connectivity index is 1.39. The van der Waals surface area contributed by atoms with E-state index in [0.29, 0.717) is 13.0 Å². The van der Waals surface area contributed by atoms with E-state index in [1.54, 1.807) is 6.20 Å². The molecule has 7 heteroatoms. The lowest BCUT2D eigenvalue weighted by atomic mass is 9.80. The SMILES string of the molecule is CC1(C)OB(c2ccc(C=CCCNC(=O)OCc3ccccc3)nc2)OC1(C)C. The van der Waals surface area contributed by atoms with Gasteiger partial charge in [0, 0.05) is 18.2 Å². The number of alkyl carbamates (subject to hydrolysis) is 1. The van der Waals surface area contributed by atoms with Crippen LogP contribution in [0.2, 0.25) is 0 Å². The largest absolute Gasteiger partial charge is 0.496 e. The van der Waals surface area contributed by atoms with Crippen LogP contribution in [-0.2, 0) is 20.7 Å². The van der Waals surface area contributed by atoms with Gasteiger partial charge in [0.15, 0.2) is 0 Å². The van der Waals surface area contributed by atoms with Crippen LogP contribution < -0.4 is 10.8 Å². The Bertz CT molecular complexity index is 851. The van der Waals surface area contributed by atoms with Crippen molar-refractivity contribution in [3.8, 4) is 0 Å². The molecule has 0 spiro atoms. The van der Waals surface area contributed by atoms with Crippen LogP contribution in [0.25, 0.3) is 6.08 Å². The molecule has 0 bridgehead atoms. The van der Waals surface area contributed by atoms with Crippen molar-refractivity contribution < 1.29 is 18.8 Å². The lowest BCUT2D eigenvalue weighted by molar-refractivity contribution is 0.00578. The molecule has 1 aromatic heterocycles. The molecule has 3 rings (SSSR count). The summed E-state index contributed by atoms with van der Waals surface area (Å²) in [4.78, 5) is 16.2. The number of amides is 1. The van der Waals surface area contributed by atoms with Gasteiger partial charge in [-0.05, 0) is 51.8 Å². The number of aromatic nitrogens is 1. The van der Waals surface area contributed by atoms with Crippen molar-refractivity contribution in [1.82, 2.24) is 10.3 Å². The van der Waals surface area contributed by atoms with E-state index >= 15 is 0 Å². The summed E-state index contributed by atoms with van der Waals surface area (Å²) in [6.45, 7) is 8.88. The first-order chi connectivity index (χ1) is 14.3. The second kappa shape index (κ2) is 9.45. The molecule has 158 valence electrons. The monoisotopic (exact) mass is 408 g/mol. The lowest BCUT2D eigenvalue weighted by Crippen LogP contribution is -2.41. The third kappa shape index (κ3) is 5.71. The predicted molar refractivity (Wildman–Crippen MR) is 118 cm³/mol. The molecule has 2 heterocycles. The van der Waals surface area contributed by atoms with Crippen LogP contribution in [0.15, 0.2) is 54.7 Å². The Kier molecular flexibility index (Phi) is 6.95. The Morgan fingerprint density at radius 3 is 2.43 bits per heavy atom. The molecule has 1 aliphatic rings. The number of nitrogens with zero attached hydrogens (tertiary/aromatic N) is 1. The maximum Gasteiger partial charge on any atom is 0.496 e. The molecule has 1 fully saturated rings. The third-order valence-electron chi connectivity index (χ3n) is 5.42. The summed E-state index contributed by atoms with van der Waals surface area (Å²) in [5.74, 6) is 0. The molecule has 0 unspecified atom stereocenters. The number of benzene rings is 1. The van der Waals surface area contributed by atoms with Gasteiger partial charge in [-0.3, -0.25) is 4.98 Å². The maximum atomic E-state index is 11.7. The van der Waals surface area contributed by atoms with Crippen molar-refractivity contribution in [2.45, 2.75) is 51.9 Å². The van der Waals surface area contributed by atoms with Gasteiger partial charge in [-0.1, -0.05) is 42.5 Å². The molecule has 0 aliphatic carbocycles. The van der Waals surface area contributed by atoms with Gasteiger partial charge in [-0.25, -0.2) is 4.79 Å². The molecule has 0 atom stereocenters. The van der Waals surface area contributed by atoms with Crippen LogP contribution in [0.3, 0.4) is 0 Å². The molecule has 1 saturated heterocycles. The summed E-state index contributed by atoms with van der Waals surface area (Å²) in [6.07, 6.45) is 5.93. The van der Waals surface area contributed by atoms with Gasteiger partial charge in [-0.2, -0.15) is 0 Å². The van der Waals surface area contributed by atoms with E-state index in [-0.39, 0.29) is 17.8 Å². The van der Waals surface area contributed by atoms with Crippen molar-refractivity contribution in [2.75, 3.05) is 6.54 Å². The Hall–Kier alpha value is -2.64. The number of nitrogens with one attached hydrogen (secondary N) is 1. The fourth-order valence-corrected chi connectivity index (χ4v) is 2.87. The van der Waals surface area contributed by atoms with Gasteiger partial charge in [0.2, 0.25) is 0 Å². The molecule has 1 N–H and O–H groups in total. The summed E-state index contributed by atoms with van der Waals surface area (Å²) in [5, 5.41) is 2.73. The van der Waals surface area contributed by atoms with E-state index in [1.807, 2.05) is 82.3 Å². The maximum absolute atomic E-state index is 11.7. The summed E-state index contributed by atoms with van der Waals surface area (Å²) in [7, 11) is -0.411. The van der Waals surface area contributed by atoms with Gasteiger partial charge in [0.25, 0.3) is 0 Å². The Morgan fingerprint density at radius 2 is 1.80 bits per heavy atom.